The van der Waals surface area contributed by atoms with Crippen LogP contribution in [0.4, 0.5) is 9.52 Å². The Morgan fingerprint density at radius 1 is 1.47 bits per heavy atom. The number of thiazole rings is 1. The Hall–Kier alpha value is -1.20. The summed E-state index contributed by atoms with van der Waals surface area (Å²) in [6.07, 6.45) is 2.18. The molecule has 0 radical (unpaired) electrons. The van der Waals surface area contributed by atoms with Crippen molar-refractivity contribution >= 4 is 26.7 Å². The number of rotatable bonds is 2. The third kappa shape index (κ3) is 2.40. The lowest BCUT2D eigenvalue weighted by molar-refractivity contribution is 0.0876. The molecule has 0 bridgehead atoms. The van der Waals surface area contributed by atoms with Crippen LogP contribution in [0, 0.1) is 5.82 Å². The van der Waals surface area contributed by atoms with Crippen LogP contribution in [0.3, 0.4) is 0 Å². The van der Waals surface area contributed by atoms with Gasteiger partial charge in [-0.25, -0.2) is 9.37 Å². The van der Waals surface area contributed by atoms with Gasteiger partial charge >= 0.3 is 0 Å². The van der Waals surface area contributed by atoms with Gasteiger partial charge in [-0.2, -0.15) is 0 Å². The molecule has 17 heavy (non-hydrogen) atoms. The lowest BCUT2D eigenvalue weighted by Gasteiger charge is -2.22. The van der Waals surface area contributed by atoms with Crippen LogP contribution in [-0.4, -0.2) is 24.2 Å². The molecule has 0 aliphatic carbocycles. The monoisotopic (exact) mass is 252 g/mol. The summed E-state index contributed by atoms with van der Waals surface area (Å²) in [6, 6.07) is 5.03. The number of aromatic nitrogens is 1. The molecule has 0 amide bonds. The minimum absolute atomic E-state index is 0.240. The van der Waals surface area contributed by atoms with E-state index in [9.17, 15) is 4.39 Å². The molecule has 1 unspecified atom stereocenters. The fraction of sp³-hybridized carbons (Fsp3) is 0.417. The molecule has 0 spiro atoms. The molecular weight excluding hydrogens is 239 g/mol. The number of fused-ring (bicyclic) bond motifs is 1. The molecule has 1 aromatic carbocycles. The number of hydrogen-bond acceptors (Lipinski definition) is 4. The van der Waals surface area contributed by atoms with Gasteiger partial charge in [-0.1, -0.05) is 11.3 Å². The number of nitrogens with one attached hydrogen (secondary N) is 1. The molecule has 5 heteroatoms. The second kappa shape index (κ2) is 4.58. The first-order valence-electron chi connectivity index (χ1n) is 5.71. The largest absolute Gasteiger partial charge is 0.379 e. The predicted molar refractivity (Wildman–Crippen MR) is 67.0 cm³/mol. The second-order valence-corrected chi connectivity index (χ2v) is 5.22. The Bertz CT molecular complexity index is 522. The normalized spacial score (nSPS) is 20.6. The molecule has 90 valence electrons. The number of anilines is 1. The zero-order valence-electron chi connectivity index (χ0n) is 9.28. The Kier molecular flexibility index (Phi) is 2.94. The molecule has 1 fully saturated rings. The van der Waals surface area contributed by atoms with E-state index in [0.717, 1.165) is 35.9 Å². The van der Waals surface area contributed by atoms with Crippen LogP contribution >= 0.6 is 11.3 Å². The standard InChI is InChI=1S/C12H13FN2OS/c13-8-3-4-11-10(6-8)15-12(17-11)14-9-2-1-5-16-7-9/h3-4,6,9H,1-2,5,7H2,(H,14,15). The van der Waals surface area contributed by atoms with E-state index < -0.39 is 0 Å². The Labute approximate surface area is 103 Å². The molecular formula is C12H13FN2OS. The average Bonchev–Trinajstić information content (AvgIpc) is 2.71. The Morgan fingerprint density at radius 3 is 3.24 bits per heavy atom. The van der Waals surface area contributed by atoms with Gasteiger partial charge in [0.25, 0.3) is 0 Å². The van der Waals surface area contributed by atoms with E-state index in [1.165, 1.54) is 12.1 Å². The minimum atomic E-state index is -0.240. The van der Waals surface area contributed by atoms with E-state index >= 15 is 0 Å². The third-order valence-corrected chi connectivity index (χ3v) is 3.81. The number of nitrogens with zero attached hydrogens (tertiary/aromatic N) is 1. The van der Waals surface area contributed by atoms with Gasteiger partial charge in [-0.3, -0.25) is 0 Å². The van der Waals surface area contributed by atoms with Crippen LogP contribution in [-0.2, 0) is 4.74 Å². The van der Waals surface area contributed by atoms with Crippen LogP contribution in [0.5, 0.6) is 0 Å². The SMILES string of the molecule is Fc1ccc2sc(NC3CCCOC3)nc2c1. The fourth-order valence-corrected chi connectivity index (χ4v) is 2.91. The molecule has 1 aliphatic heterocycles. The van der Waals surface area contributed by atoms with Gasteiger partial charge in [-0.15, -0.1) is 0 Å². The Balaban J connectivity index is 1.80. The summed E-state index contributed by atoms with van der Waals surface area (Å²) < 4.78 is 19.4. The smallest absolute Gasteiger partial charge is 0.184 e. The molecule has 2 heterocycles. The van der Waals surface area contributed by atoms with Gasteiger partial charge in [0, 0.05) is 12.7 Å². The molecule has 2 aromatic rings. The zero-order valence-corrected chi connectivity index (χ0v) is 10.1. The number of benzene rings is 1. The maximum absolute atomic E-state index is 13.0. The van der Waals surface area contributed by atoms with Gasteiger partial charge in [0.1, 0.15) is 5.82 Å². The summed E-state index contributed by atoms with van der Waals surface area (Å²) in [4.78, 5) is 4.38. The van der Waals surface area contributed by atoms with Crippen molar-refractivity contribution in [2.45, 2.75) is 18.9 Å². The van der Waals surface area contributed by atoms with Gasteiger partial charge in [-0.05, 0) is 25.0 Å². The van der Waals surface area contributed by atoms with Crippen LogP contribution in [0.2, 0.25) is 0 Å². The summed E-state index contributed by atoms with van der Waals surface area (Å²) in [5, 5.41) is 4.20. The maximum Gasteiger partial charge on any atom is 0.184 e. The highest BCUT2D eigenvalue weighted by Gasteiger charge is 2.15. The van der Waals surface area contributed by atoms with Gasteiger partial charge in [0.2, 0.25) is 0 Å². The predicted octanol–water partition coefficient (Wildman–Crippen LogP) is 3.03. The number of halogens is 1. The summed E-state index contributed by atoms with van der Waals surface area (Å²) >= 11 is 1.56. The topological polar surface area (TPSA) is 34.1 Å². The summed E-state index contributed by atoms with van der Waals surface area (Å²) in [5.74, 6) is -0.240. The van der Waals surface area contributed by atoms with Crippen LogP contribution < -0.4 is 5.32 Å². The van der Waals surface area contributed by atoms with Crippen LogP contribution in [0.15, 0.2) is 18.2 Å². The van der Waals surface area contributed by atoms with E-state index in [1.807, 2.05) is 0 Å². The molecule has 0 saturated carbocycles. The van der Waals surface area contributed by atoms with E-state index in [-0.39, 0.29) is 5.82 Å². The third-order valence-electron chi connectivity index (χ3n) is 2.84. The quantitative estimate of drug-likeness (QED) is 0.892. The molecule has 1 saturated heterocycles. The van der Waals surface area contributed by atoms with Gasteiger partial charge in [0.05, 0.1) is 22.9 Å². The maximum atomic E-state index is 13.0. The molecule has 3 nitrogen and oxygen atoms in total. The lowest BCUT2D eigenvalue weighted by Crippen LogP contribution is -2.29. The van der Waals surface area contributed by atoms with E-state index in [0.29, 0.717) is 11.6 Å². The first kappa shape index (κ1) is 10.9. The lowest BCUT2D eigenvalue weighted by atomic mass is 10.1. The number of hydrogen-bond donors (Lipinski definition) is 1. The van der Waals surface area contributed by atoms with Crippen molar-refractivity contribution in [1.29, 1.82) is 0 Å². The number of ether oxygens (including phenoxy) is 1. The first-order valence-corrected chi connectivity index (χ1v) is 6.53. The summed E-state index contributed by atoms with van der Waals surface area (Å²) in [5.41, 5.74) is 0.717. The van der Waals surface area contributed by atoms with Crippen molar-refractivity contribution in [3.8, 4) is 0 Å². The minimum Gasteiger partial charge on any atom is -0.379 e. The van der Waals surface area contributed by atoms with Crippen molar-refractivity contribution in [3.63, 3.8) is 0 Å². The summed E-state index contributed by atoms with van der Waals surface area (Å²) in [7, 11) is 0. The molecule has 1 atom stereocenters. The highest BCUT2D eigenvalue weighted by Crippen LogP contribution is 2.27. The zero-order chi connectivity index (χ0) is 11.7. The van der Waals surface area contributed by atoms with Crippen molar-refractivity contribution in [3.05, 3.63) is 24.0 Å². The molecule has 3 rings (SSSR count). The van der Waals surface area contributed by atoms with Gasteiger partial charge < -0.3 is 10.1 Å². The summed E-state index contributed by atoms with van der Waals surface area (Å²) in [6.45, 7) is 1.58. The second-order valence-electron chi connectivity index (χ2n) is 4.19. The average molecular weight is 252 g/mol. The van der Waals surface area contributed by atoms with Crippen molar-refractivity contribution < 1.29 is 9.13 Å². The van der Waals surface area contributed by atoms with Gasteiger partial charge in [0.15, 0.2) is 5.13 Å². The Morgan fingerprint density at radius 2 is 2.41 bits per heavy atom. The molecule has 1 N–H and O–H groups in total. The van der Waals surface area contributed by atoms with E-state index in [1.54, 1.807) is 17.4 Å². The highest BCUT2D eigenvalue weighted by molar-refractivity contribution is 7.22. The van der Waals surface area contributed by atoms with Crippen molar-refractivity contribution in [2.75, 3.05) is 18.5 Å². The van der Waals surface area contributed by atoms with Crippen LogP contribution in [0.25, 0.3) is 10.2 Å². The highest BCUT2D eigenvalue weighted by atomic mass is 32.1. The van der Waals surface area contributed by atoms with Crippen molar-refractivity contribution in [2.24, 2.45) is 0 Å². The van der Waals surface area contributed by atoms with E-state index in [4.69, 9.17) is 4.74 Å². The molecule has 1 aliphatic rings. The first-order chi connectivity index (χ1) is 8.31. The van der Waals surface area contributed by atoms with E-state index in [2.05, 4.69) is 10.3 Å². The van der Waals surface area contributed by atoms with Crippen molar-refractivity contribution in [1.82, 2.24) is 4.98 Å². The molecule has 1 aromatic heterocycles. The fourth-order valence-electron chi connectivity index (χ4n) is 1.99. The van der Waals surface area contributed by atoms with Crippen LogP contribution in [0.1, 0.15) is 12.8 Å².